The molecule has 1 fully saturated rings. The van der Waals surface area contributed by atoms with Gasteiger partial charge in [0.1, 0.15) is 11.7 Å². The van der Waals surface area contributed by atoms with E-state index in [-0.39, 0.29) is 17.6 Å². The summed E-state index contributed by atoms with van der Waals surface area (Å²) in [6.45, 7) is 0.917. The molecule has 2 amide bonds. The highest BCUT2D eigenvalue weighted by Gasteiger charge is 2.37. The van der Waals surface area contributed by atoms with Gasteiger partial charge >= 0.3 is 0 Å². The molecule has 25 heavy (non-hydrogen) atoms. The van der Waals surface area contributed by atoms with Gasteiger partial charge in [0.05, 0.1) is 0 Å². The van der Waals surface area contributed by atoms with Crippen molar-refractivity contribution in [1.29, 1.82) is 0 Å². The Morgan fingerprint density at radius 2 is 1.84 bits per heavy atom. The summed E-state index contributed by atoms with van der Waals surface area (Å²) in [5, 5.41) is 3.49. The monoisotopic (exact) mass is 360 g/mol. The number of carbonyl (C=O) groups excluding carboxylic acids is 2. The van der Waals surface area contributed by atoms with Crippen LogP contribution in [0, 0.1) is 11.7 Å². The highest BCUT2D eigenvalue weighted by atomic mass is 35.5. The first-order valence-electron chi connectivity index (χ1n) is 8.14. The minimum atomic E-state index is -0.685. The average Bonchev–Trinajstić information content (AvgIpc) is 2.99. The lowest BCUT2D eigenvalue weighted by molar-refractivity contribution is -0.132. The Morgan fingerprint density at radius 3 is 2.52 bits per heavy atom. The standard InChI is InChI=1S/C19H18ClFN2O2/c20-14-3-1-13(2-4-14)9-11-22-18(24)17-10-12-23(19(17)25)16-7-5-15(21)6-8-16/h1-8,17H,9-12H2,(H,22,24). The lowest BCUT2D eigenvalue weighted by Gasteiger charge is -2.16. The van der Waals surface area contributed by atoms with Crippen LogP contribution in [0.4, 0.5) is 10.1 Å². The quantitative estimate of drug-likeness (QED) is 0.832. The van der Waals surface area contributed by atoms with E-state index in [4.69, 9.17) is 11.6 Å². The van der Waals surface area contributed by atoms with E-state index in [2.05, 4.69) is 5.32 Å². The van der Waals surface area contributed by atoms with Crippen molar-refractivity contribution in [3.05, 3.63) is 64.9 Å². The Balaban J connectivity index is 1.53. The van der Waals surface area contributed by atoms with Gasteiger partial charge in [-0.25, -0.2) is 4.39 Å². The third kappa shape index (κ3) is 4.17. The van der Waals surface area contributed by atoms with E-state index < -0.39 is 5.92 Å². The summed E-state index contributed by atoms with van der Waals surface area (Å²) in [5.74, 6) is -1.54. The summed E-state index contributed by atoms with van der Waals surface area (Å²) in [6, 6.07) is 13.1. The molecule has 6 heteroatoms. The van der Waals surface area contributed by atoms with Crippen LogP contribution in [0.3, 0.4) is 0 Å². The van der Waals surface area contributed by atoms with Gasteiger partial charge in [0.15, 0.2) is 0 Å². The number of amides is 2. The molecular weight excluding hydrogens is 343 g/mol. The van der Waals surface area contributed by atoms with Crippen LogP contribution in [-0.2, 0) is 16.0 Å². The average molecular weight is 361 g/mol. The maximum atomic E-state index is 13.0. The summed E-state index contributed by atoms with van der Waals surface area (Å²) >= 11 is 5.84. The van der Waals surface area contributed by atoms with Gasteiger partial charge in [0.25, 0.3) is 0 Å². The summed E-state index contributed by atoms with van der Waals surface area (Å²) in [5.41, 5.74) is 1.68. The molecule has 1 atom stereocenters. The van der Waals surface area contributed by atoms with E-state index >= 15 is 0 Å². The van der Waals surface area contributed by atoms with Gasteiger partial charge in [-0.1, -0.05) is 23.7 Å². The van der Waals surface area contributed by atoms with E-state index in [1.165, 1.54) is 17.0 Å². The van der Waals surface area contributed by atoms with Crippen LogP contribution in [0.15, 0.2) is 48.5 Å². The van der Waals surface area contributed by atoms with Crippen LogP contribution in [0.2, 0.25) is 5.02 Å². The molecular formula is C19H18ClFN2O2. The van der Waals surface area contributed by atoms with Gasteiger partial charge in [-0.2, -0.15) is 0 Å². The molecule has 1 N–H and O–H groups in total. The second kappa shape index (κ2) is 7.66. The number of nitrogens with one attached hydrogen (secondary N) is 1. The molecule has 0 spiro atoms. The number of rotatable bonds is 5. The van der Waals surface area contributed by atoms with Crippen molar-refractivity contribution in [2.24, 2.45) is 5.92 Å². The first kappa shape index (κ1) is 17.4. The fourth-order valence-corrected chi connectivity index (χ4v) is 3.03. The summed E-state index contributed by atoms with van der Waals surface area (Å²) < 4.78 is 13.0. The molecule has 1 saturated heterocycles. The van der Waals surface area contributed by atoms with Crippen molar-refractivity contribution in [2.75, 3.05) is 18.0 Å². The number of benzene rings is 2. The zero-order valence-corrected chi connectivity index (χ0v) is 14.3. The molecule has 130 valence electrons. The Morgan fingerprint density at radius 1 is 1.16 bits per heavy atom. The van der Waals surface area contributed by atoms with E-state index in [1.807, 2.05) is 12.1 Å². The number of halogens is 2. The van der Waals surface area contributed by atoms with Crippen molar-refractivity contribution in [3.63, 3.8) is 0 Å². The number of nitrogens with zero attached hydrogens (tertiary/aromatic N) is 1. The Kier molecular flexibility index (Phi) is 5.34. The maximum Gasteiger partial charge on any atom is 0.239 e. The largest absolute Gasteiger partial charge is 0.355 e. The molecule has 0 radical (unpaired) electrons. The summed E-state index contributed by atoms with van der Waals surface area (Å²) in [7, 11) is 0. The van der Waals surface area contributed by atoms with Gasteiger partial charge in [-0.05, 0) is 54.8 Å². The van der Waals surface area contributed by atoms with Crippen LogP contribution >= 0.6 is 11.6 Å². The second-order valence-corrected chi connectivity index (χ2v) is 6.41. The smallest absolute Gasteiger partial charge is 0.239 e. The molecule has 3 rings (SSSR count). The molecule has 1 heterocycles. The highest BCUT2D eigenvalue weighted by molar-refractivity contribution is 6.30. The topological polar surface area (TPSA) is 49.4 Å². The van der Waals surface area contributed by atoms with Crippen LogP contribution in [0.1, 0.15) is 12.0 Å². The van der Waals surface area contributed by atoms with Crippen molar-refractivity contribution in [2.45, 2.75) is 12.8 Å². The lowest BCUT2D eigenvalue weighted by Crippen LogP contribution is -2.37. The van der Waals surface area contributed by atoms with Crippen LogP contribution < -0.4 is 10.2 Å². The summed E-state index contributed by atoms with van der Waals surface area (Å²) in [6.07, 6.45) is 1.13. The molecule has 1 aliphatic rings. The van der Waals surface area contributed by atoms with Gasteiger partial charge in [-0.15, -0.1) is 0 Å². The SMILES string of the molecule is O=C(NCCc1ccc(Cl)cc1)C1CCN(c2ccc(F)cc2)C1=O. The molecule has 0 saturated carbocycles. The highest BCUT2D eigenvalue weighted by Crippen LogP contribution is 2.25. The Labute approximate surface area is 150 Å². The first-order chi connectivity index (χ1) is 12.0. The fraction of sp³-hybridized carbons (Fsp3) is 0.263. The van der Waals surface area contributed by atoms with E-state index in [0.717, 1.165) is 5.56 Å². The van der Waals surface area contributed by atoms with Crippen LogP contribution in [0.5, 0.6) is 0 Å². The molecule has 1 unspecified atom stereocenters. The zero-order chi connectivity index (χ0) is 17.8. The number of carbonyl (C=O) groups is 2. The Bertz CT molecular complexity index is 762. The zero-order valence-electron chi connectivity index (χ0n) is 13.5. The predicted molar refractivity (Wildman–Crippen MR) is 95.0 cm³/mol. The van der Waals surface area contributed by atoms with Crippen molar-refractivity contribution in [1.82, 2.24) is 5.32 Å². The Hall–Kier alpha value is -2.40. The molecule has 2 aromatic rings. The van der Waals surface area contributed by atoms with E-state index in [1.54, 1.807) is 24.3 Å². The molecule has 1 aliphatic heterocycles. The van der Waals surface area contributed by atoms with Crippen LogP contribution in [0.25, 0.3) is 0 Å². The van der Waals surface area contributed by atoms with E-state index in [9.17, 15) is 14.0 Å². The molecule has 0 aliphatic carbocycles. The number of anilines is 1. The summed E-state index contributed by atoms with van der Waals surface area (Å²) in [4.78, 5) is 26.3. The fourth-order valence-electron chi connectivity index (χ4n) is 2.90. The van der Waals surface area contributed by atoms with Gasteiger partial charge < -0.3 is 10.2 Å². The minimum absolute atomic E-state index is 0.240. The van der Waals surface area contributed by atoms with Crippen molar-refractivity contribution < 1.29 is 14.0 Å². The normalized spacial score (nSPS) is 17.0. The lowest BCUT2D eigenvalue weighted by atomic mass is 10.1. The maximum absolute atomic E-state index is 13.0. The minimum Gasteiger partial charge on any atom is -0.355 e. The second-order valence-electron chi connectivity index (χ2n) is 5.98. The van der Waals surface area contributed by atoms with Crippen LogP contribution in [-0.4, -0.2) is 24.9 Å². The third-order valence-corrected chi connectivity index (χ3v) is 4.54. The van der Waals surface area contributed by atoms with Gasteiger partial charge in [-0.3, -0.25) is 9.59 Å². The third-order valence-electron chi connectivity index (χ3n) is 4.29. The molecule has 2 aromatic carbocycles. The van der Waals surface area contributed by atoms with Gasteiger partial charge in [0.2, 0.25) is 11.8 Å². The predicted octanol–water partition coefficient (Wildman–Crippen LogP) is 3.19. The molecule has 4 nitrogen and oxygen atoms in total. The van der Waals surface area contributed by atoms with Gasteiger partial charge in [0, 0.05) is 23.8 Å². The number of hydrogen-bond donors (Lipinski definition) is 1. The van der Waals surface area contributed by atoms with Crippen molar-refractivity contribution >= 4 is 29.1 Å². The molecule has 0 aromatic heterocycles. The van der Waals surface area contributed by atoms with Crippen molar-refractivity contribution in [3.8, 4) is 0 Å². The molecule has 0 bridgehead atoms. The number of hydrogen-bond acceptors (Lipinski definition) is 2. The first-order valence-corrected chi connectivity index (χ1v) is 8.51. The van der Waals surface area contributed by atoms with E-state index in [0.29, 0.717) is 36.6 Å².